The molecule has 1 aliphatic heterocycles. The maximum atomic E-state index is 14.5. The van der Waals surface area contributed by atoms with E-state index in [9.17, 15) is 14.4 Å². The van der Waals surface area contributed by atoms with Crippen molar-refractivity contribution >= 4 is 40.8 Å². The molecule has 0 saturated heterocycles. The Labute approximate surface area is 298 Å². The Morgan fingerprint density at radius 1 is 1.00 bits per heavy atom. The summed E-state index contributed by atoms with van der Waals surface area (Å²) in [4.78, 5) is 47.9. The highest BCUT2D eigenvalue weighted by Gasteiger charge is 2.27. The Morgan fingerprint density at radius 3 is 2.40 bits per heavy atom. The van der Waals surface area contributed by atoms with Gasteiger partial charge < -0.3 is 29.7 Å². The Kier molecular flexibility index (Phi) is 11.2. The van der Waals surface area contributed by atoms with Crippen molar-refractivity contribution in [3.63, 3.8) is 0 Å². The number of rotatable bonds is 10. The summed E-state index contributed by atoms with van der Waals surface area (Å²) < 4.78 is 16.8. The molecule has 0 aliphatic carbocycles. The first-order valence-corrected chi connectivity index (χ1v) is 17.8. The molecule has 0 saturated carbocycles. The van der Waals surface area contributed by atoms with Crippen molar-refractivity contribution in [1.82, 2.24) is 10.3 Å². The summed E-state index contributed by atoms with van der Waals surface area (Å²) in [6.45, 7) is 15.7. The molecule has 0 atom stereocenters. The standard InChI is InChI=1S/C39H46N4O6S/c1-9-15-43(10-2)32-12-11-27(34(41-32)37(45)47-8)28-21-31-30(35-26(13-16-48-31)14-17-50-35)20-29(28)36(44)42-33-23(3)18-25(19-24(33)4)22-40-38(46)49-39(5,6)7/h11-12,14,17-21H,9-10,13,15-16,22H2,1-8H3,(H,40,46)(H,42,44). The van der Waals surface area contributed by atoms with Crippen molar-refractivity contribution in [3.8, 4) is 27.3 Å². The minimum Gasteiger partial charge on any atom is -0.493 e. The fourth-order valence-electron chi connectivity index (χ4n) is 6.15. The molecular weight excluding hydrogens is 653 g/mol. The number of esters is 1. The summed E-state index contributed by atoms with van der Waals surface area (Å²) in [6, 6.07) is 13.4. The molecule has 2 N–H and O–H groups in total. The summed E-state index contributed by atoms with van der Waals surface area (Å²) in [5, 5.41) is 8.00. The van der Waals surface area contributed by atoms with E-state index < -0.39 is 17.7 Å². The van der Waals surface area contributed by atoms with E-state index >= 15 is 0 Å². The van der Waals surface area contributed by atoms with E-state index in [-0.39, 0.29) is 18.1 Å². The molecular formula is C39H46N4O6S. The number of methoxy groups -OCH3 is 1. The fraction of sp³-hybridized carbons (Fsp3) is 0.385. The van der Waals surface area contributed by atoms with Gasteiger partial charge in [0.1, 0.15) is 17.2 Å². The largest absolute Gasteiger partial charge is 0.493 e. The number of thiophene rings is 1. The van der Waals surface area contributed by atoms with Crippen molar-refractivity contribution in [3.05, 3.63) is 81.4 Å². The summed E-state index contributed by atoms with van der Waals surface area (Å²) in [7, 11) is 1.33. The van der Waals surface area contributed by atoms with Gasteiger partial charge in [0.15, 0.2) is 5.69 Å². The van der Waals surface area contributed by atoms with Crippen molar-refractivity contribution in [1.29, 1.82) is 0 Å². The highest BCUT2D eigenvalue weighted by molar-refractivity contribution is 7.13. The maximum absolute atomic E-state index is 14.5. The normalized spacial score (nSPS) is 12.2. The van der Waals surface area contributed by atoms with Crippen LogP contribution in [0.3, 0.4) is 0 Å². The zero-order valence-corrected chi connectivity index (χ0v) is 30.9. The van der Waals surface area contributed by atoms with Gasteiger partial charge in [-0.05, 0) is 106 Å². The van der Waals surface area contributed by atoms with Crippen molar-refractivity contribution < 1.29 is 28.6 Å². The van der Waals surface area contributed by atoms with E-state index in [1.807, 2.05) is 83.3 Å². The summed E-state index contributed by atoms with van der Waals surface area (Å²) in [5.41, 5.74) is 6.03. The number of benzene rings is 2. The third-order valence-electron chi connectivity index (χ3n) is 8.40. The Morgan fingerprint density at radius 2 is 1.74 bits per heavy atom. The molecule has 0 radical (unpaired) electrons. The van der Waals surface area contributed by atoms with Crippen LogP contribution in [0.1, 0.15) is 84.1 Å². The number of hydrogen-bond acceptors (Lipinski definition) is 9. The van der Waals surface area contributed by atoms with Gasteiger partial charge >= 0.3 is 12.1 Å². The van der Waals surface area contributed by atoms with Crippen LogP contribution in [0.4, 0.5) is 16.3 Å². The molecule has 50 heavy (non-hydrogen) atoms. The first kappa shape index (κ1) is 36.4. The van der Waals surface area contributed by atoms with Crippen LogP contribution in [0.2, 0.25) is 0 Å². The average Bonchev–Trinajstić information content (AvgIpc) is 3.47. The second kappa shape index (κ2) is 15.3. The molecule has 4 aromatic rings. The number of hydrogen-bond donors (Lipinski definition) is 2. The number of amides is 2. The molecule has 2 amide bonds. The number of pyridine rings is 1. The quantitative estimate of drug-likeness (QED) is 0.159. The molecule has 264 valence electrons. The molecule has 3 heterocycles. The van der Waals surface area contributed by atoms with Crippen LogP contribution < -0.4 is 20.3 Å². The highest BCUT2D eigenvalue weighted by Crippen LogP contribution is 2.43. The lowest BCUT2D eigenvalue weighted by Crippen LogP contribution is -2.32. The number of aryl methyl sites for hydroxylation is 2. The third kappa shape index (κ3) is 8.10. The average molecular weight is 699 g/mol. The van der Waals surface area contributed by atoms with Gasteiger partial charge in [-0.3, -0.25) is 4.79 Å². The molecule has 0 spiro atoms. The molecule has 2 aromatic heterocycles. The number of nitrogens with one attached hydrogen (secondary N) is 2. The van der Waals surface area contributed by atoms with Gasteiger partial charge in [-0.25, -0.2) is 14.6 Å². The number of nitrogens with zero attached hydrogens (tertiary/aromatic N) is 2. The Bertz CT molecular complexity index is 1890. The summed E-state index contributed by atoms with van der Waals surface area (Å²) >= 11 is 1.60. The predicted octanol–water partition coefficient (Wildman–Crippen LogP) is 8.33. The van der Waals surface area contributed by atoms with E-state index in [0.29, 0.717) is 40.6 Å². The van der Waals surface area contributed by atoms with Crippen LogP contribution in [0.5, 0.6) is 5.75 Å². The van der Waals surface area contributed by atoms with Crippen LogP contribution in [-0.2, 0) is 22.4 Å². The second-order valence-electron chi connectivity index (χ2n) is 13.3. The molecule has 1 aliphatic rings. The molecule has 0 bridgehead atoms. The second-order valence-corrected chi connectivity index (χ2v) is 14.2. The van der Waals surface area contributed by atoms with Crippen LogP contribution in [-0.4, -0.2) is 55.4 Å². The van der Waals surface area contributed by atoms with Crippen LogP contribution in [0.15, 0.2) is 47.8 Å². The van der Waals surface area contributed by atoms with Gasteiger partial charge in [-0.2, -0.15) is 0 Å². The SMILES string of the molecule is CCCN(CC)c1ccc(-c2cc3c(cc2C(=O)Nc2c(C)cc(CNC(=O)OC(C)(C)C)cc2C)-c2sccc2CCO3)c(C(=O)OC)n1. The molecule has 10 nitrogen and oxygen atoms in total. The molecule has 2 aromatic carbocycles. The van der Waals surface area contributed by atoms with Gasteiger partial charge in [0, 0.05) is 58.9 Å². The lowest BCUT2D eigenvalue weighted by atomic mass is 9.93. The number of fused-ring (bicyclic) bond motifs is 3. The smallest absolute Gasteiger partial charge is 0.407 e. The third-order valence-corrected chi connectivity index (χ3v) is 9.39. The van der Waals surface area contributed by atoms with Gasteiger partial charge in [0.05, 0.1) is 13.7 Å². The van der Waals surface area contributed by atoms with E-state index in [0.717, 1.165) is 58.6 Å². The lowest BCUT2D eigenvalue weighted by Gasteiger charge is -2.23. The summed E-state index contributed by atoms with van der Waals surface area (Å²) in [5.74, 6) is 0.343. The molecule has 0 fully saturated rings. The molecule has 5 rings (SSSR count). The van der Waals surface area contributed by atoms with E-state index in [1.54, 1.807) is 11.3 Å². The molecule has 11 heteroatoms. The number of aromatic nitrogens is 1. The highest BCUT2D eigenvalue weighted by atomic mass is 32.1. The topological polar surface area (TPSA) is 119 Å². The fourth-order valence-corrected chi connectivity index (χ4v) is 7.12. The van der Waals surface area contributed by atoms with Gasteiger partial charge in [0.25, 0.3) is 5.91 Å². The summed E-state index contributed by atoms with van der Waals surface area (Å²) in [6.07, 6.45) is 1.16. The maximum Gasteiger partial charge on any atom is 0.407 e. The number of alkyl carbamates (subject to hydrolysis) is 1. The Balaban J connectivity index is 1.58. The van der Waals surface area contributed by atoms with E-state index in [4.69, 9.17) is 19.2 Å². The molecule has 0 unspecified atom stereocenters. The van der Waals surface area contributed by atoms with Crippen molar-refractivity contribution in [2.75, 3.05) is 37.0 Å². The van der Waals surface area contributed by atoms with E-state index in [2.05, 4.69) is 28.5 Å². The minimum atomic E-state index is -0.601. The predicted molar refractivity (Wildman–Crippen MR) is 199 cm³/mol. The minimum absolute atomic E-state index is 0.119. The van der Waals surface area contributed by atoms with Gasteiger partial charge in [0.2, 0.25) is 0 Å². The van der Waals surface area contributed by atoms with Crippen LogP contribution >= 0.6 is 11.3 Å². The number of carbonyl (C=O) groups excluding carboxylic acids is 3. The lowest BCUT2D eigenvalue weighted by molar-refractivity contribution is 0.0522. The van der Waals surface area contributed by atoms with Gasteiger partial charge in [-0.15, -0.1) is 11.3 Å². The number of anilines is 2. The van der Waals surface area contributed by atoms with Gasteiger partial charge in [-0.1, -0.05) is 19.1 Å². The van der Waals surface area contributed by atoms with Crippen molar-refractivity contribution in [2.45, 2.75) is 73.5 Å². The monoisotopic (exact) mass is 698 g/mol. The Hall–Kier alpha value is -4.90. The van der Waals surface area contributed by atoms with E-state index in [1.165, 1.54) is 7.11 Å². The van der Waals surface area contributed by atoms with Crippen LogP contribution in [0.25, 0.3) is 21.6 Å². The zero-order valence-electron chi connectivity index (χ0n) is 30.1. The van der Waals surface area contributed by atoms with Crippen molar-refractivity contribution in [2.24, 2.45) is 0 Å². The zero-order chi connectivity index (χ0) is 36.2. The van der Waals surface area contributed by atoms with Crippen LogP contribution in [0, 0.1) is 13.8 Å². The number of ether oxygens (including phenoxy) is 3. The first-order valence-electron chi connectivity index (χ1n) is 16.9. The first-order chi connectivity index (χ1) is 23.8. The number of carbonyl (C=O) groups is 3.